The van der Waals surface area contributed by atoms with E-state index >= 15 is 0 Å². The summed E-state index contributed by atoms with van der Waals surface area (Å²) in [5, 5.41) is 10.4. The third kappa shape index (κ3) is 2.95. The minimum absolute atomic E-state index is 0.277. The van der Waals surface area contributed by atoms with Crippen molar-refractivity contribution in [3.63, 3.8) is 0 Å². The second-order valence-electron chi connectivity index (χ2n) is 8.20. The highest BCUT2D eigenvalue weighted by Gasteiger charge is 2.65. The van der Waals surface area contributed by atoms with E-state index in [0.717, 1.165) is 11.3 Å². The number of carbonyl (C=O) groups is 2. The van der Waals surface area contributed by atoms with Crippen LogP contribution in [0.15, 0.2) is 79.1 Å². The summed E-state index contributed by atoms with van der Waals surface area (Å²) in [4.78, 5) is 33.0. The molecule has 1 amide bonds. The number of benzene rings is 2. The van der Waals surface area contributed by atoms with Crippen molar-refractivity contribution in [1.82, 2.24) is 4.98 Å². The average Bonchev–Trinajstić information content (AvgIpc) is 3.16. The van der Waals surface area contributed by atoms with Crippen LogP contribution >= 0.6 is 0 Å². The number of amides is 1. The number of para-hydroxylation sites is 1. The van der Waals surface area contributed by atoms with E-state index in [2.05, 4.69) is 11.1 Å². The molecule has 4 atom stereocenters. The Kier molecular flexibility index (Phi) is 4.79. The molecule has 2 aromatic carbocycles. The fourth-order valence-corrected chi connectivity index (χ4v) is 5.15. The predicted octanol–water partition coefficient (Wildman–Crippen LogP) is 3.47. The molecule has 3 heterocycles. The van der Waals surface area contributed by atoms with Gasteiger partial charge >= 0.3 is 0 Å². The van der Waals surface area contributed by atoms with Gasteiger partial charge in [-0.15, -0.1) is 0 Å². The van der Waals surface area contributed by atoms with Crippen molar-refractivity contribution in [2.45, 2.75) is 18.0 Å². The van der Waals surface area contributed by atoms with Crippen LogP contribution in [0.5, 0.6) is 0 Å². The first-order valence-corrected chi connectivity index (χ1v) is 10.5. The Morgan fingerprint density at radius 1 is 1.09 bits per heavy atom. The number of hydrogen-bond acceptors (Lipinski definition) is 5. The largest absolute Gasteiger partial charge is 0.368 e. The van der Waals surface area contributed by atoms with Gasteiger partial charge in [0.2, 0.25) is 5.91 Å². The highest BCUT2D eigenvalue weighted by Crippen LogP contribution is 2.55. The number of nitriles is 1. The summed E-state index contributed by atoms with van der Waals surface area (Å²) in [7, 11) is 0. The second kappa shape index (κ2) is 7.68. The quantitative estimate of drug-likeness (QED) is 0.629. The third-order valence-electron chi connectivity index (χ3n) is 6.58. The van der Waals surface area contributed by atoms with E-state index in [4.69, 9.17) is 5.73 Å². The molecular formula is C26H19FN4O2. The summed E-state index contributed by atoms with van der Waals surface area (Å²) in [6.45, 7) is 0. The van der Waals surface area contributed by atoms with E-state index in [0.29, 0.717) is 5.56 Å². The molecule has 5 rings (SSSR count). The Morgan fingerprint density at radius 3 is 2.52 bits per heavy atom. The number of nitrogens with two attached hydrogens (primary N) is 1. The van der Waals surface area contributed by atoms with Crippen LogP contribution in [0.2, 0.25) is 0 Å². The van der Waals surface area contributed by atoms with E-state index in [1.165, 1.54) is 24.3 Å². The Labute approximate surface area is 189 Å². The molecule has 33 heavy (non-hydrogen) atoms. The smallest absolute Gasteiger partial charge is 0.241 e. The van der Waals surface area contributed by atoms with Gasteiger partial charge in [-0.05, 0) is 47.5 Å². The first-order valence-electron chi connectivity index (χ1n) is 10.5. The lowest BCUT2D eigenvalue weighted by Crippen LogP contribution is -2.49. The number of rotatable bonds is 4. The van der Waals surface area contributed by atoms with Crippen molar-refractivity contribution in [2.75, 3.05) is 4.90 Å². The van der Waals surface area contributed by atoms with Crippen molar-refractivity contribution in [2.24, 2.45) is 11.1 Å². The van der Waals surface area contributed by atoms with Gasteiger partial charge in [0.05, 0.1) is 12.1 Å². The molecule has 6 nitrogen and oxygen atoms in total. The van der Waals surface area contributed by atoms with Crippen LogP contribution in [-0.2, 0) is 4.79 Å². The number of fused-ring (bicyclic) bond motifs is 3. The SMILES string of the molecule is N#C[C@]1(C(N)=O)[C@H](c2cccnc2)[C@H](C(=O)c2ccc(F)cc2)N2c3ccccc3C=C[C@@H]21. The molecule has 2 N–H and O–H groups in total. The zero-order valence-electron chi connectivity index (χ0n) is 17.4. The van der Waals surface area contributed by atoms with Gasteiger partial charge < -0.3 is 10.6 Å². The minimum atomic E-state index is -1.73. The summed E-state index contributed by atoms with van der Waals surface area (Å²) in [6.07, 6.45) is 6.74. The van der Waals surface area contributed by atoms with Gasteiger partial charge in [0.25, 0.3) is 0 Å². The Bertz CT molecular complexity index is 1320. The maximum absolute atomic E-state index is 14.0. The van der Waals surface area contributed by atoms with Crippen LogP contribution in [0.3, 0.4) is 0 Å². The normalized spacial score (nSPS) is 25.1. The van der Waals surface area contributed by atoms with Crippen LogP contribution in [0.1, 0.15) is 27.4 Å². The number of primary amides is 1. The zero-order chi connectivity index (χ0) is 23.2. The molecule has 0 unspecified atom stereocenters. The average molecular weight is 438 g/mol. The fraction of sp³-hybridized carbons (Fsp3) is 0.154. The van der Waals surface area contributed by atoms with Crippen molar-refractivity contribution in [3.05, 3.63) is 102 Å². The van der Waals surface area contributed by atoms with Crippen LogP contribution in [0.4, 0.5) is 10.1 Å². The lowest BCUT2D eigenvalue weighted by molar-refractivity contribution is -0.125. The van der Waals surface area contributed by atoms with Crippen LogP contribution in [0.25, 0.3) is 6.08 Å². The third-order valence-corrected chi connectivity index (χ3v) is 6.58. The van der Waals surface area contributed by atoms with E-state index in [9.17, 15) is 19.2 Å². The number of nitrogens with zero attached hydrogens (tertiary/aromatic N) is 3. The number of Topliss-reactive ketones (excluding diaryl/α,β-unsaturated/α-hetero) is 1. The molecule has 3 aromatic rings. The number of carbonyl (C=O) groups excluding carboxylic acids is 2. The van der Waals surface area contributed by atoms with E-state index in [1.807, 2.05) is 35.2 Å². The molecule has 0 bridgehead atoms. The number of hydrogen-bond donors (Lipinski definition) is 1. The van der Waals surface area contributed by atoms with Gasteiger partial charge in [-0.1, -0.05) is 36.4 Å². The van der Waals surface area contributed by atoms with Crippen LogP contribution in [-0.4, -0.2) is 28.8 Å². The Balaban J connectivity index is 1.80. The minimum Gasteiger partial charge on any atom is -0.368 e. The second-order valence-corrected chi connectivity index (χ2v) is 8.20. The van der Waals surface area contributed by atoms with Gasteiger partial charge in [0, 0.05) is 29.6 Å². The van der Waals surface area contributed by atoms with E-state index < -0.39 is 35.1 Å². The summed E-state index contributed by atoms with van der Waals surface area (Å²) < 4.78 is 13.6. The molecule has 162 valence electrons. The molecule has 2 aliphatic heterocycles. The van der Waals surface area contributed by atoms with Gasteiger partial charge in [0.1, 0.15) is 11.9 Å². The molecule has 1 saturated heterocycles. The lowest BCUT2D eigenvalue weighted by Gasteiger charge is -2.36. The Morgan fingerprint density at radius 2 is 1.85 bits per heavy atom. The standard InChI is InChI=1S/C26H19FN4O2/c27-19-10-7-17(8-11-19)24(32)23-22(18-5-3-13-30-14-18)26(15-28,25(29)33)21-12-9-16-4-1-2-6-20(16)31(21)23/h1-14,21-23H,(H2,29,33)/t21-,22-,23-,26-/m1/s1. The van der Waals surface area contributed by atoms with Crippen molar-refractivity contribution < 1.29 is 14.0 Å². The molecule has 7 heteroatoms. The lowest BCUT2D eigenvalue weighted by atomic mass is 9.68. The molecule has 1 fully saturated rings. The number of halogens is 1. The number of ketones is 1. The molecule has 1 aromatic heterocycles. The number of aromatic nitrogens is 1. The molecule has 0 aliphatic carbocycles. The van der Waals surface area contributed by atoms with Gasteiger partial charge in [0.15, 0.2) is 11.2 Å². The fourth-order valence-electron chi connectivity index (χ4n) is 5.15. The van der Waals surface area contributed by atoms with E-state index in [-0.39, 0.29) is 11.3 Å². The Hall–Kier alpha value is -4.31. The van der Waals surface area contributed by atoms with Gasteiger partial charge in [-0.3, -0.25) is 14.6 Å². The van der Waals surface area contributed by atoms with Crippen LogP contribution < -0.4 is 10.6 Å². The summed E-state index contributed by atoms with van der Waals surface area (Å²) in [5.41, 5.74) is 6.59. The molecule has 2 aliphatic rings. The highest BCUT2D eigenvalue weighted by atomic mass is 19.1. The summed E-state index contributed by atoms with van der Waals surface area (Å²) in [6, 6.07) is 16.6. The number of pyridine rings is 1. The molecule has 0 radical (unpaired) electrons. The maximum atomic E-state index is 14.0. The maximum Gasteiger partial charge on any atom is 0.241 e. The summed E-state index contributed by atoms with van der Waals surface area (Å²) >= 11 is 0. The van der Waals surface area contributed by atoms with Gasteiger partial charge in [-0.2, -0.15) is 5.26 Å². The zero-order valence-corrected chi connectivity index (χ0v) is 17.4. The van der Waals surface area contributed by atoms with Gasteiger partial charge in [-0.25, -0.2) is 4.39 Å². The van der Waals surface area contributed by atoms with Crippen molar-refractivity contribution in [1.29, 1.82) is 5.26 Å². The first kappa shape index (κ1) is 20.6. The highest BCUT2D eigenvalue weighted by molar-refractivity contribution is 6.06. The number of anilines is 1. The van der Waals surface area contributed by atoms with Crippen molar-refractivity contribution >= 4 is 23.5 Å². The van der Waals surface area contributed by atoms with E-state index in [1.54, 1.807) is 30.6 Å². The van der Waals surface area contributed by atoms with Crippen molar-refractivity contribution in [3.8, 4) is 6.07 Å². The van der Waals surface area contributed by atoms with Crippen LogP contribution in [0, 0.1) is 22.6 Å². The molecule has 0 saturated carbocycles. The molecule has 0 spiro atoms. The monoisotopic (exact) mass is 438 g/mol. The first-order chi connectivity index (χ1) is 16.0. The topological polar surface area (TPSA) is 100 Å². The predicted molar refractivity (Wildman–Crippen MR) is 120 cm³/mol. The molecular weight excluding hydrogens is 419 g/mol. The summed E-state index contributed by atoms with van der Waals surface area (Å²) in [5.74, 6) is -2.51.